The summed E-state index contributed by atoms with van der Waals surface area (Å²) in [5.74, 6) is 0.411. The summed E-state index contributed by atoms with van der Waals surface area (Å²) in [6.07, 6.45) is 0.569. The summed E-state index contributed by atoms with van der Waals surface area (Å²) in [6, 6.07) is 5.18. The Morgan fingerprint density at radius 2 is 2.10 bits per heavy atom. The molecule has 1 atom stereocenters. The second kappa shape index (κ2) is 7.26. The summed E-state index contributed by atoms with van der Waals surface area (Å²) in [5.41, 5.74) is 0.386. The van der Waals surface area contributed by atoms with Crippen LogP contribution in [0.3, 0.4) is 0 Å². The van der Waals surface area contributed by atoms with Gasteiger partial charge >= 0.3 is 0 Å². The summed E-state index contributed by atoms with van der Waals surface area (Å²) in [7, 11) is 1.51. The normalized spacial score (nSPS) is 13.7. The van der Waals surface area contributed by atoms with Gasteiger partial charge in [0, 0.05) is 18.4 Å². The van der Waals surface area contributed by atoms with E-state index in [1.54, 1.807) is 25.1 Å². The zero-order valence-electron chi connectivity index (χ0n) is 12.5. The zero-order chi connectivity index (χ0) is 15.2. The van der Waals surface area contributed by atoms with Crippen molar-refractivity contribution in [2.45, 2.75) is 39.4 Å². The molecule has 5 nitrogen and oxygen atoms in total. The van der Waals surface area contributed by atoms with Crippen molar-refractivity contribution in [2.75, 3.05) is 19.0 Å². The molecule has 0 saturated carbocycles. The van der Waals surface area contributed by atoms with Crippen molar-refractivity contribution < 1.29 is 19.4 Å². The molecule has 0 spiro atoms. The van der Waals surface area contributed by atoms with Crippen molar-refractivity contribution in [3.8, 4) is 5.75 Å². The van der Waals surface area contributed by atoms with Crippen LogP contribution in [0.15, 0.2) is 18.2 Å². The maximum atomic E-state index is 12.2. The molecule has 2 N–H and O–H groups in total. The Kier molecular flexibility index (Phi) is 5.98. The lowest BCUT2D eigenvalue weighted by Gasteiger charge is -2.25. The van der Waals surface area contributed by atoms with Gasteiger partial charge in [0.05, 0.1) is 13.2 Å². The van der Waals surface area contributed by atoms with Crippen LogP contribution in [0.25, 0.3) is 0 Å². The number of amides is 1. The molecule has 0 aliphatic rings. The molecule has 1 aromatic carbocycles. The van der Waals surface area contributed by atoms with Gasteiger partial charge in [-0.1, -0.05) is 6.92 Å². The summed E-state index contributed by atoms with van der Waals surface area (Å²) >= 11 is 0. The van der Waals surface area contributed by atoms with Gasteiger partial charge < -0.3 is 19.9 Å². The first-order chi connectivity index (χ1) is 9.50. The first-order valence-corrected chi connectivity index (χ1v) is 6.73. The molecular formula is C15H23NO4. The summed E-state index contributed by atoms with van der Waals surface area (Å²) in [5, 5.41) is 12.1. The standard InChI is InChI=1S/C15H23NO4/c1-5-15(3,19-4)14(18)16-12-7-8-13(20-6-2)11(9-12)10-17/h7-9,17H,5-6,10H2,1-4H3,(H,16,18). The average Bonchev–Trinajstić information content (AvgIpc) is 2.47. The SMILES string of the molecule is CCOc1ccc(NC(=O)C(C)(CC)OC)cc1CO. The molecule has 1 rings (SSSR count). The Hall–Kier alpha value is -1.59. The highest BCUT2D eigenvalue weighted by atomic mass is 16.5. The smallest absolute Gasteiger partial charge is 0.256 e. The number of carbonyl (C=O) groups is 1. The molecular weight excluding hydrogens is 258 g/mol. The van der Waals surface area contributed by atoms with Crippen LogP contribution in [0.1, 0.15) is 32.8 Å². The lowest BCUT2D eigenvalue weighted by molar-refractivity contribution is -0.136. The third kappa shape index (κ3) is 3.71. The molecule has 1 amide bonds. The van der Waals surface area contributed by atoms with Crippen LogP contribution in [-0.2, 0) is 16.1 Å². The van der Waals surface area contributed by atoms with Crippen LogP contribution in [0, 0.1) is 0 Å². The molecule has 0 aromatic heterocycles. The van der Waals surface area contributed by atoms with Gasteiger partial charge in [0.15, 0.2) is 0 Å². The van der Waals surface area contributed by atoms with E-state index in [2.05, 4.69) is 5.32 Å². The van der Waals surface area contributed by atoms with E-state index in [9.17, 15) is 9.90 Å². The molecule has 0 heterocycles. The van der Waals surface area contributed by atoms with E-state index in [0.717, 1.165) is 0 Å². The highest BCUT2D eigenvalue weighted by Crippen LogP contribution is 2.24. The number of hydrogen-bond donors (Lipinski definition) is 2. The average molecular weight is 281 g/mol. The minimum atomic E-state index is -0.863. The van der Waals surface area contributed by atoms with Crippen molar-refractivity contribution in [2.24, 2.45) is 0 Å². The van der Waals surface area contributed by atoms with Crippen molar-refractivity contribution in [1.29, 1.82) is 0 Å². The zero-order valence-corrected chi connectivity index (χ0v) is 12.5. The van der Waals surface area contributed by atoms with Gasteiger partial charge in [-0.3, -0.25) is 4.79 Å². The monoisotopic (exact) mass is 281 g/mol. The van der Waals surface area contributed by atoms with Crippen molar-refractivity contribution in [1.82, 2.24) is 0 Å². The lowest BCUT2D eigenvalue weighted by atomic mass is 10.0. The lowest BCUT2D eigenvalue weighted by Crippen LogP contribution is -2.41. The van der Waals surface area contributed by atoms with E-state index in [-0.39, 0.29) is 12.5 Å². The number of rotatable bonds is 7. The summed E-state index contributed by atoms with van der Waals surface area (Å²) in [4.78, 5) is 12.2. The Morgan fingerprint density at radius 1 is 1.40 bits per heavy atom. The number of ether oxygens (including phenoxy) is 2. The third-order valence-corrected chi connectivity index (χ3v) is 3.39. The Balaban J connectivity index is 2.91. The van der Waals surface area contributed by atoms with Crippen LogP contribution in [-0.4, -0.2) is 30.3 Å². The maximum Gasteiger partial charge on any atom is 0.256 e. The molecule has 5 heteroatoms. The molecule has 1 unspecified atom stereocenters. The first-order valence-electron chi connectivity index (χ1n) is 6.73. The fraction of sp³-hybridized carbons (Fsp3) is 0.533. The molecule has 0 aliphatic heterocycles. The quantitative estimate of drug-likeness (QED) is 0.805. The molecule has 0 bridgehead atoms. The predicted molar refractivity (Wildman–Crippen MR) is 77.9 cm³/mol. The van der Waals surface area contributed by atoms with E-state index in [1.807, 2.05) is 13.8 Å². The Morgan fingerprint density at radius 3 is 2.60 bits per heavy atom. The fourth-order valence-electron chi connectivity index (χ4n) is 1.74. The largest absolute Gasteiger partial charge is 0.494 e. The van der Waals surface area contributed by atoms with Gasteiger partial charge in [-0.15, -0.1) is 0 Å². The molecule has 0 saturated heterocycles. The van der Waals surface area contributed by atoms with E-state index in [1.165, 1.54) is 7.11 Å². The number of aliphatic hydroxyl groups excluding tert-OH is 1. The second-order valence-corrected chi connectivity index (χ2v) is 4.66. The van der Waals surface area contributed by atoms with Crippen LogP contribution >= 0.6 is 0 Å². The highest BCUT2D eigenvalue weighted by molar-refractivity contribution is 5.97. The molecule has 0 fully saturated rings. The fourth-order valence-corrected chi connectivity index (χ4v) is 1.74. The van der Waals surface area contributed by atoms with Crippen LogP contribution < -0.4 is 10.1 Å². The number of anilines is 1. The van der Waals surface area contributed by atoms with Crippen LogP contribution in [0.2, 0.25) is 0 Å². The minimum Gasteiger partial charge on any atom is -0.494 e. The van der Waals surface area contributed by atoms with Gasteiger partial charge in [-0.25, -0.2) is 0 Å². The van der Waals surface area contributed by atoms with Crippen LogP contribution in [0.5, 0.6) is 5.75 Å². The van der Waals surface area contributed by atoms with Crippen molar-refractivity contribution in [3.63, 3.8) is 0 Å². The number of benzene rings is 1. The Labute approximate surface area is 119 Å². The number of nitrogens with one attached hydrogen (secondary N) is 1. The summed E-state index contributed by atoms with van der Waals surface area (Å²) in [6.45, 7) is 5.89. The number of aliphatic hydroxyl groups is 1. The van der Waals surface area contributed by atoms with Crippen molar-refractivity contribution in [3.05, 3.63) is 23.8 Å². The van der Waals surface area contributed by atoms with Gasteiger partial charge in [-0.2, -0.15) is 0 Å². The summed E-state index contributed by atoms with van der Waals surface area (Å²) < 4.78 is 10.7. The maximum absolute atomic E-state index is 12.2. The van der Waals surface area contributed by atoms with Gasteiger partial charge in [0.2, 0.25) is 0 Å². The van der Waals surface area contributed by atoms with Crippen LogP contribution in [0.4, 0.5) is 5.69 Å². The Bertz CT molecular complexity index is 455. The third-order valence-electron chi connectivity index (χ3n) is 3.39. The van der Waals surface area contributed by atoms with Gasteiger partial charge in [-0.05, 0) is 38.5 Å². The van der Waals surface area contributed by atoms with Gasteiger partial charge in [0.25, 0.3) is 5.91 Å². The van der Waals surface area contributed by atoms with E-state index < -0.39 is 5.60 Å². The number of methoxy groups -OCH3 is 1. The molecule has 20 heavy (non-hydrogen) atoms. The molecule has 1 aromatic rings. The number of hydrogen-bond acceptors (Lipinski definition) is 4. The predicted octanol–water partition coefficient (Wildman–Crippen LogP) is 2.33. The molecule has 0 aliphatic carbocycles. The van der Waals surface area contributed by atoms with E-state index in [4.69, 9.17) is 9.47 Å². The minimum absolute atomic E-state index is 0.144. The van der Waals surface area contributed by atoms with Gasteiger partial charge in [0.1, 0.15) is 11.4 Å². The topological polar surface area (TPSA) is 67.8 Å². The number of carbonyl (C=O) groups excluding carboxylic acids is 1. The van der Waals surface area contributed by atoms with E-state index >= 15 is 0 Å². The van der Waals surface area contributed by atoms with E-state index in [0.29, 0.717) is 30.0 Å². The second-order valence-electron chi connectivity index (χ2n) is 4.66. The molecule has 0 radical (unpaired) electrons. The molecule has 112 valence electrons. The first kappa shape index (κ1) is 16.5. The highest BCUT2D eigenvalue weighted by Gasteiger charge is 2.31. The van der Waals surface area contributed by atoms with Crippen molar-refractivity contribution >= 4 is 11.6 Å².